The van der Waals surface area contributed by atoms with Gasteiger partial charge in [-0.2, -0.15) is 0 Å². The van der Waals surface area contributed by atoms with E-state index in [1.807, 2.05) is 12.1 Å². The van der Waals surface area contributed by atoms with Crippen molar-refractivity contribution < 1.29 is 18.7 Å². The van der Waals surface area contributed by atoms with Gasteiger partial charge in [-0.1, -0.05) is 0 Å². The van der Waals surface area contributed by atoms with Crippen molar-refractivity contribution in [3.63, 3.8) is 0 Å². The van der Waals surface area contributed by atoms with Gasteiger partial charge in [0.05, 0.1) is 12.0 Å². The Balaban J connectivity index is 2.11. The quantitative estimate of drug-likeness (QED) is 0.667. The standard InChI is InChI=1S/C16H15NO4S/c1-8(18)4-5-11(19)14-6-10-13(22-14)7-12(20-3)16-15(10)17-9(2)21-16/h6-7H,4-5H2,1-3H3. The Labute approximate surface area is 130 Å². The second kappa shape index (κ2) is 5.53. The number of hydrogen-bond acceptors (Lipinski definition) is 6. The summed E-state index contributed by atoms with van der Waals surface area (Å²) >= 11 is 1.39. The van der Waals surface area contributed by atoms with E-state index in [9.17, 15) is 9.59 Å². The number of carbonyl (C=O) groups excluding carboxylic acids is 2. The van der Waals surface area contributed by atoms with Crippen LogP contribution >= 0.6 is 11.3 Å². The van der Waals surface area contributed by atoms with E-state index in [2.05, 4.69) is 4.98 Å². The number of nitrogens with zero attached hydrogens (tertiary/aromatic N) is 1. The molecular formula is C16H15NO4S. The first kappa shape index (κ1) is 14.7. The number of fused-ring (bicyclic) bond motifs is 3. The Morgan fingerprint density at radius 2 is 2.09 bits per heavy atom. The van der Waals surface area contributed by atoms with Gasteiger partial charge in [-0.05, 0) is 13.0 Å². The Bertz CT molecular complexity index is 890. The molecule has 22 heavy (non-hydrogen) atoms. The van der Waals surface area contributed by atoms with Crippen LogP contribution in [0.5, 0.6) is 5.75 Å². The maximum absolute atomic E-state index is 12.2. The van der Waals surface area contributed by atoms with Crippen molar-refractivity contribution in [2.45, 2.75) is 26.7 Å². The molecule has 0 fully saturated rings. The fraction of sp³-hybridized carbons (Fsp3) is 0.312. The molecule has 3 aromatic rings. The predicted molar refractivity (Wildman–Crippen MR) is 84.9 cm³/mol. The van der Waals surface area contributed by atoms with E-state index in [0.717, 1.165) is 10.1 Å². The Kier molecular flexibility index (Phi) is 3.70. The molecule has 3 rings (SSSR count). The van der Waals surface area contributed by atoms with Crippen LogP contribution in [0.25, 0.3) is 21.2 Å². The number of Topliss-reactive ketones (excluding diaryl/α,β-unsaturated/α-hetero) is 2. The van der Waals surface area contributed by atoms with Gasteiger partial charge in [-0.3, -0.25) is 4.79 Å². The van der Waals surface area contributed by atoms with Crippen LogP contribution in [-0.2, 0) is 4.79 Å². The lowest BCUT2D eigenvalue weighted by Gasteiger charge is -1.99. The van der Waals surface area contributed by atoms with Gasteiger partial charge in [0.1, 0.15) is 11.3 Å². The Morgan fingerprint density at radius 3 is 2.77 bits per heavy atom. The third-order valence-corrected chi connectivity index (χ3v) is 4.56. The third-order valence-electron chi connectivity index (χ3n) is 3.43. The number of benzene rings is 1. The lowest BCUT2D eigenvalue weighted by Crippen LogP contribution is -1.99. The van der Waals surface area contributed by atoms with Gasteiger partial charge in [0.25, 0.3) is 0 Å². The fourth-order valence-corrected chi connectivity index (χ4v) is 3.42. The van der Waals surface area contributed by atoms with Crippen molar-refractivity contribution in [1.82, 2.24) is 4.98 Å². The smallest absolute Gasteiger partial charge is 0.197 e. The van der Waals surface area contributed by atoms with Crippen LogP contribution in [0, 0.1) is 6.92 Å². The molecule has 1 aromatic carbocycles. The highest BCUT2D eigenvalue weighted by Crippen LogP contribution is 2.38. The minimum absolute atomic E-state index is 0.0191. The first-order chi connectivity index (χ1) is 10.5. The molecule has 0 radical (unpaired) electrons. The number of ether oxygens (including phenoxy) is 1. The first-order valence-corrected chi connectivity index (χ1v) is 7.71. The Hall–Kier alpha value is -2.21. The van der Waals surface area contributed by atoms with E-state index in [-0.39, 0.29) is 24.4 Å². The van der Waals surface area contributed by atoms with Crippen molar-refractivity contribution in [2.24, 2.45) is 0 Å². The average molecular weight is 317 g/mol. The molecule has 0 saturated heterocycles. The number of thiophene rings is 1. The van der Waals surface area contributed by atoms with Crippen LogP contribution in [0.2, 0.25) is 0 Å². The maximum atomic E-state index is 12.2. The molecule has 2 aromatic heterocycles. The summed E-state index contributed by atoms with van der Waals surface area (Å²) in [7, 11) is 1.57. The molecular weight excluding hydrogens is 302 g/mol. The van der Waals surface area contributed by atoms with E-state index in [1.165, 1.54) is 18.3 Å². The zero-order chi connectivity index (χ0) is 15.9. The van der Waals surface area contributed by atoms with E-state index in [0.29, 0.717) is 27.6 Å². The van der Waals surface area contributed by atoms with Gasteiger partial charge >= 0.3 is 0 Å². The number of hydrogen-bond donors (Lipinski definition) is 0. The van der Waals surface area contributed by atoms with E-state index < -0.39 is 0 Å². The lowest BCUT2D eigenvalue weighted by atomic mass is 10.1. The zero-order valence-corrected chi connectivity index (χ0v) is 13.4. The van der Waals surface area contributed by atoms with Crippen molar-refractivity contribution >= 4 is 44.1 Å². The number of aromatic nitrogens is 1. The summed E-state index contributed by atoms with van der Waals surface area (Å²) in [6.07, 6.45) is 0.509. The number of rotatable bonds is 5. The largest absolute Gasteiger partial charge is 0.493 e. The number of methoxy groups -OCH3 is 1. The van der Waals surface area contributed by atoms with E-state index in [1.54, 1.807) is 14.0 Å². The number of aryl methyl sites for hydroxylation is 1. The summed E-state index contributed by atoms with van der Waals surface area (Å²) in [6.45, 7) is 3.27. The van der Waals surface area contributed by atoms with Crippen molar-refractivity contribution in [3.8, 4) is 5.75 Å². The highest BCUT2D eigenvalue weighted by atomic mass is 32.1. The molecule has 0 atom stereocenters. The number of ketones is 2. The molecule has 0 aliphatic heterocycles. The van der Waals surface area contributed by atoms with Gasteiger partial charge < -0.3 is 13.9 Å². The van der Waals surface area contributed by atoms with Gasteiger partial charge in [-0.15, -0.1) is 11.3 Å². The molecule has 0 spiro atoms. The van der Waals surface area contributed by atoms with E-state index in [4.69, 9.17) is 9.15 Å². The van der Waals surface area contributed by atoms with E-state index >= 15 is 0 Å². The molecule has 0 aliphatic rings. The van der Waals surface area contributed by atoms with Crippen LogP contribution < -0.4 is 4.74 Å². The second-order valence-corrected chi connectivity index (χ2v) is 6.22. The average Bonchev–Trinajstić information content (AvgIpc) is 3.06. The molecule has 5 nitrogen and oxygen atoms in total. The zero-order valence-electron chi connectivity index (χ0n) is 12.6. The van der Waals surface area contributed by atoms with Crippen LogP contribution in [0.4, 0.5) is 0 Å². The summed E-state index contributed by atoms with van der Waals surface area (Å²) in [5, 5.41) is 0.879. The Morgan fingerprint density at radius 1 is 1.32 bits per heavy atom. The molecule has 0 bridgehead atoms. The van der Waals surface area contributed by atoms with Gasteiger partial charge in [0.15, 0.2) is 23.0 Å². The van der Waals surface area contributed by atoms with Crippen LogP contribution in [0.3, 0.4) is 0 Å². The minimum Gasteiger partial charge on any atom is -0.493 e. The molecule has 0 saturated carbocycles. The van der Waals surface area contributed by atoms with Gasteiger partial charge in [0.2, 0.25) is 0 Å². The SMILES string of the molecule is COc1cc2sc(C(=O)CCC(C)=O)cc2c2nc(C)oc12. The highest BCUT2D eigenvalue weighted by Gasteiger charge is 2.18. The van der Waals surface area contributed by atoms with Crippen LogP contribution in [0.1, 0.15) is 35.3 Å². The topological polar surface area (TPSA) is 69.4 Å². The summed E-state index contributed by atoms with van der Waals surface area (Å²) in [5.41, 5.74) is 1.29. The molecule has 6 heteroatoms. The fourth-order valence-electron chi connectivity index (χ4n) is 2.36. The molecule has 0 amide bonds. The summed E-state index contributed by atoms with van der Waals surface area (Å²) in [5.74, 6) is 1.15. The van der Waals surface area contributed by atoms with Crippen molar-refractivity contribution in [3.05, 3.63) is 22.9 Å². The van der Waals surface area contributed by atoms with Crippen LogP contribution in [0.15, 0.2) is 16.5 Å². The van der Waals surface area contributed by atoms with Crippen molar-refractivity contribution in [1.29, 1.82) is 0 Å². The normalized spacial score (nSPS) is 11.2. The second-order valence-electron chi connectivity index (χ2n) is 5.14. The first-order valence-electron chi connectivity index (χ1n) is 6.90. The number of oxazole rings is 1. The van der Waals surface area contributed by atoms with Gasteiger partial charge in [0, 0.05) is 35.9 Å². The molecule has 0 N–H and O–H groups in total. The van der Waals surface area contributed by atoms with Crippen molar-refractivity contribution in [2.75, 3.05) is 7.11 Å². The van der Waals surface area contributed by atoms with Crippen LogP contribution in [-0.4, -0.2) is 23.7 Å². The minimum atomic E-state index is -0.0243. The summed E-state index contributed by atoms with van der Waals surface area (Å²) in [4.78, 5) is 28.2. The monoisotopic (exact) mass is 317 g/mol. The summed E-state index contributed by atoms with van der Waals surface area (Å²) in [6, 6.07) is 3.68. The molecule has 0 aliphatic carbocycles. The number of carbonyl (C=O) groups is 2. The lowest BCUT2D eigenvalue weighted by molar-refractivity contribution is -0.116. The molecule has 2 heterocycles. The third kappa shape index (κ3) is 2.50. The highest BCUT2D eigenvalue weighted by molar-refractivity contribution is 7.21. The summed E-state index contributed by atoms with van der Waals surface area (Å²) < 4.78 is 11.8. The van der Waals surface area contributed by atoms with Gasteiger partial charge in [-0.25, -0.2) is 4.98 Å². The molecule has 0 unspecified atom stereocenters. The predicted octanol–water partition coefficient (Wildman–Crippen LogP) is 3.91. The molecule has 114 valence electrons. The maximum Gasteiger partial charge on any atom is 0.197 e.